The molecule has 0 spiro atoms. The van der Waals surface area contributed by atoms with Crippen molar-refractivity contribution in [3.05, 3.63) is 59.2 Å². The molecule has 0 aliphatic carbocycles. The average Bonchev–Trinajstić information content (AvgIpc) is 2.80. The standard InChI is InChI=1S/C29H41N3O6/c1-8-9-19(3)30-26(35)25(21-12-15-24(34)18(2)16-21)32(7)27(36)23(31-28(37)38-29(4,5)6)17-20-10-13-22(33)14-11-20/h10-16,19,23,25,33-34H,8-9,17H2,1-7H3,(H,30,35)(H,31,37). The maximum Gasteiger partial charge on any atom is 0.408 e. The zero-order valence-corrected chi connectivity index (χ0v) is 23.4. The molecule has 3 amide bonds. The normalized spacial score (nSPS) is 13.7. The third-order valence-electron chi connectivity index (χ3n) is 6.00. The van der Waals surface area contributed by atoms with E-state index < -0.39 is 29.7 Å². The third kappa shape index (κ3) is 8.97. The molecule has 0 aliphatic heterocycles. The molecule has 0 saturated carbocycles. The third-order valence-corrected chi connectivity index (χ3v) is 6.00. The van der Waals surface area contributed by atoms with Crippen LogP contribution in [-0.2, 0) is 20.7 Å². The van der Waals surface area contributed by atoms with Crippen molar-refractivity contribution in [2.75, 3.05) is 7.05 Å². The molecule has 0 heterocycles. The van der Waals surface area contributed by atoms with Crippen LogP contribution in [0.2, 0.25) is 0 Å². The molecule has 0 radical (unpaired) electrons. The second-order valence-electron chi connectivity index (χ2n) is 10.7. The molecule has 2 rings (SSSR count). The van der Waals surface area contributed by atoms with Crippen LogP contribution < -0.4 is 10.6 Å². The summed E-state index contributed by atoms with van der Waals surface area (Å²) in [5.41, 5.74) is 1.01. The lowest BCUT2D eigenvalue weighted by molar-refractivity contribution is -0.141. The summed E-state index contributed by atoms with van der Waals surface area (Å²) in [7, 11) is 1.51. The number of nitrogens with one attached hydrogen (secondary N) is 2. The van der Waals surface area contributed by atoms with E-state index in [-0.39, 0.29) is 29.9 Å². The zero-order valence-electron chi connectivity index (χ0n) is 23.4. The van der Waals surface area contributed by atoms with Gasteiger partial charge in [0.1, 0.15) is 29.2 Å². The first-order chi connectivity index (χ1) is 17.7. The second-order valence-corrected chi connectivity index (χ2v) is 10.7. The fourth-order valence-corrected chi connectivity index (χ4v) is 4.12. The van der Waals surface area contributed by atoms with Crippen LogP contribution in [0.15, 0.2) is 42.5 Å². The number of hydrogen-bond acceptors (Lipinski definition) is 6. The maximum absolute atomic E-state index is 13.9. The van der Waals surface area contributed by atoms with Gasteiger partial charge in [-0.25, -0.2) is 4.79 Å². The highest BCUT2D eigenvalue weighted by Crippen LogP contribution is 2.27. The summed E-state index contributed by atoms with van der Waals surface area (Å²) in [5, 5.41) is 25.3. The number of phenols is 2. The van der Waals surface area contributed by atoms with Gasteiger partial charge in [-0.15, -0.1) is 0 Å². The molecule has 3 unspecified atom stereocenters. The van der Waals surface area contributed by atoms with Gasteiger partial charge in [-0.05, 0) is 82.0 Å². The van der Waals surface area contributed by atoms with Crippen molar-refractivity contribution >= 4 is 17.9 Å². The summed E-state index contributed by atoms with van der Waals surface area (Å²) in [5.74, 6) is -0.710. The lowest BCUT2D eigenvalue weighted by Gasteiger charge is -2.32. The first-order valence-electron chi connectivity index (χ1n) is 12.9. The van der Waals surface area contributed by atoms with Crippen LogP contribution in [0.3, 0.4) is 0 Å². The van der Waals surface area contributed by atoms with Crippen molar-refractivity contribution in [2.24, 2.45) is 0 Å². The smallest absolute Gasteiger partial charge is 0.408 e. The molecule has 3 atom stereocenters. The highest BCUT2D eigenvalue weighted by molar-refractivity contribution is 5.92. The number of aryl methyl sites for hydroxylation is 1. The number of rotatable bonds is 10. The van der Waals surface area contributed by atoms with E-state index in [0.29, 0.717) is 16.7 Å². The number of hydrogen-bond donors (Lipinski definition) is 4. The van der Waals surface area contributed by atoms with Crippen molar-refractivity contribution < 1.29 is 29.3 Å². The molecule has 9 nitrogen and oxygen atoms in total. The first kappa shape index (κ1) is 30.5. The lowest BCUT2D eigenvalue weighted by Crippen LogP contribution is -2.53. The van der Waals surface area contributed by atoms with Gasteiger partial charge in [0.05, 0.1) is 0 Å². The molecule has 0 bridgehead atoms. The molecule has 0 saturated heterocycles. The Hall–Kier alpha value is -3.75. The van der Waals surface area contributed by atoms with Gasteiger partial charge in [0.15, 0.2) is 0 Å². The molecule has 2 aromatic carbocycles. The summed E-state index contributed by atoms with van der Waals surface area (Å²) in [4.78, 5) is 41.3. The fraction of sp³-hybridized carbons (Fsp3) is 0.483. The molecule has 38 heavy (non-hydrogen) atoms. The van der Waals surface area contributed by atoms with Crippen LogP contribution in [0.1, 0.15) is 70.2 Å². The Bertz CT molecular complexity index is 1110. The number of alkyl carbamates (subject to hydrolysis) is 1. The molecular formula is C29H41N3O6. The van der Waals surface area contributed by atoms with E-state index in [1.807, 2.05) is 13.8 Å². The van der Waals surface area contributed by atoms with Crippen LogP contribution in [0.5, 0.6) is 11.5 Å². The topological polar surface area (TPSA) is 128 Å². The minimum atomic E-state index is -1.05. The minimum Gasteiger partial charge on any atom is -0.508 e. The highest BCUT2D eigenvalue weighted by atomic mass is 16.6. The number of benzene rings is 2. The van der Waals surface area contributed by atoms with Crippen LogP contribution in [-0.4, -0.2) is 57.8 Å². The Morgan fingerprint density at radius 1 is 1.03 bits per heavy atom. The van der Waals surface area contributed by atoms with Gasteiger partial charge in [-0.2, -0.15) is 0 Å². The largest absolute Gasteiger partial charge is 0.508 e. The predicted octanol–water partition coefficient (Wildman–Crippen LogP) is 4.35. The second kappa shape index (κ2) is 13.2. The van der Waals surface area contributed by atoms with Gasteiger partial charge < -0.3 is 30.5 Å². The number of ether oxygens (including phenoxy) is 1. The maximum atomic E-state index is 13.9. The zero-order chi connectivity index (χ0) is 28.6. The summed E-state index contributed by atoms with van der Waals surface area (Å²) in [6, 6.07) is 8.91. The number of amides is 3. The number of carbonyl (C=O) groups excluding carboxylic acids is 3. The van der Waals surface area contributed by atoms with E-state index in [1.165, 1.54) is 30.1 Å². The molecule has 0 aromatic heterocycles. The summed E-state index contributed by atoms with van der Waals surface area (Å²) >= 11 is 0. The van der Waals surface area contributed by atoms with Crippen molar-refractivity contribution in [3.8, 4) is 11.5 Å². The summed E-state index contributed by atoms with van der Waals surface area (Å²) in [6.07, 6.45) is 1.00. The van der Waals surface area contributed by atoms with Crippen molar-refractivity contribution in [1.29, 1.82) is 0 Å². The van der Waals surface area contributed by atoms with E-state index >= 15 is 0 Å². The van der Waals surface area contributed by atoms with Crippen molar-refractivity contribution in [2.45, 2.75) is 84.5 Å². The lowest BCUT2D eigenvalue weighted by atomic mass is 9.99. The molecule has 208 valence electrons. The van der Waals surface area contributed by atoms with Crippen LogP contribution in [0, 0.1) is 6.92 Å². The Kier molecular flexibility index (Phi) is 10.6. The van der Waals surface area contributed by atoms with Crippen LogP contribution in [0.4, 0.5) is 4.79 Å². The van der Waals surface area contributed by atoms with E-state index in [0.717, 1.165) is 12.8 Å². The van der Waals surface area contributed by atoms with Gasteiger partial charge in [0.2, 0.25) is 11.8 Å². The minimum absolute atomic E-state index is 0.0782. The van der Waals surface area contributed by atoms with Gasteiger partial charge in [0, 0.05) is 19.5 Å². The Morgan fingerprint density at radius 3 is 2.21 bits per heavy atom. The summed E-state index contributed by atoms with van der Waals surface area (Å²) < 4.78 is 5.39. The molecule has 9 heteroatoms. The molecule has 4 N–H and O–H groups in total. The van der Waals surface area contributed by atoms with Crippen molar-refractivity contribution in [3.63, 3.8) is 0 Å². The SMILES string of the molecule is CCCC(C)NC(=O)C(c1ccc(O)c(C)c1)N(C)C(=O)C(Cc1ccc(O)cc1)NC(=O)OC(C)(C)C. The number of carbonyl (C=O) groups is 3. The number of phenolic OH excluding ortho intramolecular Hbond substituents is 2. The fourth-order valence-electron chi connectivity index (χ4n) is 4.12. The highest BCUT2D eigenvalue weighted by Gasteiger charge is 2.35. The number of nitrogens with zero attached hydrogens (tertiary/aromatic N) is 1. The first-order valence-corrected chi connectivity index (χ1v) is 12.9. The average molecular weight is 528 g/mol. The van der Waals surface area contributed by atoms with Gasteiger partial charge in [0.25, 0.3) is 0 Å². The summed E-state index contributed by atoms with van der Waals surface area (Å²) in [6.45, 7) is 10.8. The van der Waals surface area contributed by atoms with Gasteiger partial charge in [-0.1, -0.05) is 31.5 Å². The molecule has 0 aliphatic rings. The Labute approximate surface area is 225 Å². The van der Waals surface area contributed by atoms with Crippen LogP contribution >= 0.6 is 0 Å². The molecular weight excluding hydrogens is 486 g/mol. The predicted molar refractivity (Wildman–Crippen MR) is 146 cm³/mol. The van der Waals surface area contributed by atoms with Crippen LogP contribution in [0.25, 0.3) is 0 Å². The quantitative estimate of drug-likeness (QED) is 0.364. The Balaban J connectivity index is 2.44. The monoisotopic (exact) mass is 527 g/mol. The van der Waals surface area contributed by atoms with Crippen molar-refractivity contribution in [1.82, 2.24) is 15.5 Å². The van der Waals surface area contributed by atoms with E-state index in [1.54, 1.807) is 52.0 Å². The van der Waals surface area contributed by atoms with E-state index in [9.17, 15) is 24.6 Å². The Morgan fingerprint density at radius 2 is 1.66 bits per heavy atom. The van der Waals surface area contributed by atoms with Gasteiger partial charge in [-0.3, -0.25) is 9.59 Å². The molecule has 2 aromatic rings. The number of likely N-dealkylation sites (N-methyl/N-ethyl adjacent to an activating group) is 1. The van der Waals surface area contributed by atoms with Gasteiger partial charge >= 0.3 is 6.09 Å². The molecule has 0 fully saturated rings. The van der Waals surface area contributed by atoms with E-state index in [4.69, 9.17) is 4.74 Å². The number of aromatic hydroxyl groups is 2. The van der Waals surface area contributed by atoms with E-state index in [2.05, 4.69) is 10.6 Å².